The van der Waals surface area contributed by atoms with Gasteiger partial charge in [-0.15, -0.1) is 5.10 Å². The van der Waals surface area contributed by atoms with E-state index in [4.69, 9.17) is 0 Å². The van der Waals surface area contributed by atoms with E-state index < -0.39 is 34.0 Å². The molecule has 0 bridgehead atoms. The number of rotatable bonds is 1. The quantitative estimate of drug-likeness (QED) is 0.384. The normalized spacial score (nSPS) is 11.0. The highest BCUT2D eigenvalue weighted by atomic mass is 19.2. The number of nitrogens with zero attached hydrogens (tertiary/aromatic N) is 2. The van der Waals surface area contributed by atoms with E-state index in [1.54, 1.807) is 30.3 Å². The van der Waals surface area contributed by atoms with Gasteiger partial charge in [0.15, 0.2) is 23.3 Å². The molecule has 0 radical (unpaired) electrons. The van der Waals surface area contributed by atoms with Crippen LogP contribution < -0.4 is 0 Å². The average molecular weight is 278 g/mol. The number of halogens is 4. The van der Waals surface area contributed by atoms with Crippen LogP contribution in [-0.4, -0.2) is 10.2 Å². The first-order chi connectivity index (χ1) is 9.61. The highest BCUT2D eigenvalue weighted by Crippen LogP contribution is 2.32. The number of hydrogen-bond acceptors (Lipinski definition) is 2. The third-order valence-electron chi connectivity index (χ3n) is 2.93. The molecule has 0 aliphatic rings. The number of fused-ring (bicyclic) bond motifs is 1. The molecule has 2 aromatic carbocycles. The Morgan fingerprint density at radius 1 is 0.750 bits per heavy atom. The maximum Gasteiger partial charge on any atom is 0.198 e. The van der Waals surface area contributed by atoms with Crippen LogP contribution in [0.3, 0.4) is 0 Å². The maximum atomic E-state index is 13.9. The van der Waals surface area contributed by atoms with Crippen molar-refractivity contribution in [3.63, 3.8) is 0 Å². The van der Waals surface area contributed by atoms with Gasteiger partial charge in [-0.25, -0.2) is 17.6 Å². The Morgan fingerprint density at radius 3 is 2.10 bits per heavy atom. The first-order valence-electron chi connectivity index (χ1n) is 5.64. The van der Waals surface area contributed by atoms with E-state index >= 15 is 0 Å². The van der Waals surface area contributed by atoms with Crippen LogP contribution in [0.5, 0.6) is 0 Å². The van der Waals surface area contributed by atoms with Gasteiger partial charge in [0.25, 0.3) is 0 Å². The van der Waals surface area contributed by atoms with Crippen molar-refractivity contribution < 1.29 is 17.6 Å². The molecule has 0 aliphatic carbocycles. The minimum Gasteiger partial charge on any atom is -0.203 e. The predicted molar refractivity (Wildman–Crippen MR) is 64.8 cm³/mol. The maximum absolute atomic E-state index is 13.9. The third kappa shape index (κ3) is 1.72. The SMILES string of the molecule is Fc1c(F)c(F)c2c(-c3ccccc3)nncc2c1F. The van der Waals surface area contributed by atoms with Crippen LogP contribution in [0.2, 0.25) is 0 Å². The molecule has 0 fully saturated rings. The van der Waals surface area contributed by atoms with Crippen LogP contribution in [0.15, 0.2) is 36.5 Å². The van der Waals surface area contributed by atoms with Gasteiger partial charge in [-0.05, 0) is 0 Å². The minimum absolute atomic E-state index is 0.0431. The minimum atomic E-state index is -1.86. The lowest BCUT2D eigenvalue weighted by atomic mass is 10.0. The van der Waals surface area contributed by atoms with E-state index in [1.807, 2.05) is 0 Å². The van der Waals surface area contributed by atoms with Crippen LogP contribution in [0.1, 0.15) is 0 Å². The van der Waals surface area contributed by atoms with Gasteiger partial charge in [0.1, 0.15) is 5.69 Å². The summed E-state index contributed by atoms with van der Waals surface area (Å²) in [6.07, 6.45) is 0.864. The van der Waals surface area contributed by atoms with Gasteiger partial charge in [0.2, 0.25) is 0 Å². The summed E-state index contributed by atoms with van der Waals surface area (Å²) >= 11 is 0. The predicted octanol–water partition coefficient (Wildman–Crippen LogP) is 3.85. The highest BCUT2D eigenvalue weighted by Gasteiger charge is 2.23. The average Bonchev–Trinajstić information content (AvgIpc) is 2.51. The molecule has 3 rings (SSSR count). The fraction of sp³-hybridized carbons (Fsp3) is 0. The standard InChI is InChI=1S/C14H6F4N2/c15-10-8-6-19-20-14(7-4-2-1-3-5-7)9(8)11(16)13(18)12(10)17/h1-6H. The van der Waals surface area contributed by atoms with Gasteiger partial charge in [-0.3, -0.25) is 0 Å². The van der Waals surface area contributed by atoms with E-state index in [-0.39, 0.29) is 5.69 Å². The third-order valence-corrected chi connectivity index (χ3v) is 2.93. The summed E-state index contributed by atoms with van der Waals surface area (Å²) in [4.78, 5) is 0. The van der Waals surface area contributed by atoms with E-state index in [1.165, 1.54) is 0 Å². The first kappa shape index (κ1) is 12.5. The van der Waals surface area contributed by atoms with Crippen LogP contribution >= 0.6 is 0 Å². The molecule has 0 unspecified atom stereocenters. The van der Waals surface area contributed by atoms with Crippen molar-refractivity contribution in [2.24, 2.45) is 0 Å². The summed E-state index contributed by atoms with van der Waals surface area (Å²) in [6.45, 7) is 0. The van der Waals surface area contributed by atoms with Crippen molar-refractivity contribution in [3.8, 4) is 11.3 Å². The fourth-order valence-electron chi connectivity index (χ4n) is 1.99. The zero-order chi connectivity index (χ0) is 14.3. The van der Waals surface area contributed by atoms with Crippen molar-refractivity contribution in [2.75, 3.05) is 0 Å². The molecular weight excluding hydrogens is 272 g/mol. The summed E-state index contributed by atoms with van der Waals surface area (Å²) in [5, 5.41) is 6.34. The van der Waals surface area contributed by atoms with Gasteiger partial charge in [0, 0.05) is 10.9 Å². The Balaban J connectivity index is 2.47. The van der Waals surface area contributed by atoms with E-state index in [9.17, 15) is 17.6 Å². The molecule has 0 saturated heterocycles. The van der Waals surface area contributed by atoms with Crippen molar-refractivity contribution in [2.45, 2.75) is 0 Å². The second-order valence-corrected chi connectivity index (χ2v) is 4.10. The van der Waals surface area contributed by atoms with E-state index in [0.29, 0.717) is 5.56 Å². The summed E-state index contributed by atoms with van der Waals surface area (Å²) in [6, 6.07) is 8.21. The number of benzene rings is 2. The van der Waals surface area contributed by atoms with Crippen LogP contribution in [0.4, 0.5) is 17.6 Å². The topological polar surface area (TPSA) is 25.8 Å². The fourth-order valence-corrected chi connectivity index (χ4v) is 1.99. The monoisotopic (exact) mass is 278 g/mol. The first-order valence-corrected chi connectivity index (χ1v) is 5.64. The van der Waals surface area contributed by atoms with Crippen LogP contribution in [0.25, 0.3) is 22.0 Å². The van der Waals surface area contributed by atoms with Gasteiger partial charge in [0.05, 0.1) is 11.6 Å². The lowest BCUT2D eigenvalue weighted by Gasteiger charge is -2.08. The summed E-state index contributed by atoms with van der Waals surface area (Å²) in [5.41, 5.74) is 0.383. The van der Waals surface area contributed by atoms with Crippen molar-refractivity contribution in [1.29, 1.82) is 0 Å². The molecule has 0 atom stereocenters. The van der Waals surface area contributed by atoms with E-state index in [2.05, 4.69) is 10.2 Å². The molecule has 0 N–H and O–H groups in total. The molecule has 100 valence electrons. The second kappa shape index (κ2) is 4.56. The molecular formula is C14H6F4N2. The van der Waals surface area contributed by atoms with Crippen molar-refractivity contribution in [1.82, 2.24) is 10.2 Å². The lowest BCUT2D eigenvalue weighted by Crippen LogP contribution is -2.01. The molecule has 2 nitrogen and oxygen atoms in total. The molecule has 0 amide bonds. The zero-order valence-corrected chi connectivity index (χ0v) is 9.87. The van der Waals surface area contributed by atoms with E-state index in [0.717, 1.165) is 6.20 Å². The van der Waals surface area contributed by atoms with Crippen LogP contribution in [0, 0.1) is 23.3 Å². The molecule has 0 aliphatic heterocycles. The van der Waals surface area contributed by atoms with Gasteiger partial charge >= 0.3 is 0 Å². The lowest BCUT2D eigenvalue weighted by molar-refractivity contribution is 0.418. The van der Waals surface area contributed by atoms with Crippen LogP contribution in [-0.2, 0) is 0 Å². The molecule has 6 heteroatoms. The zero-order valence-electron chi connectivity index (χ0n) is 9.87. The molecule has 3 aromatic rings. The molecule has 0 spiro atoms. The largest absolute Gasteiger partial charge is 0.203 e. The molecule has 0 saturated carbocycles. The summed E-state index contributed by atoms with van der Waals surface area (Å²) in [7, 11) is 0. The Labute approximate surface area is 110 Å². The Hall–Kier alpha value is -2.50. The smallest absolute Gasteiger partial charge is 0.198 e. The Kier molecular flexibility index (Phi) is 2.85. The van der Waals surface area contributed by atoms with Gasteiger partial charge in [-0.2, -0.15) is 5.10 Å². The second-order valence-electron chi connectivity index (χ2n) is 4.10. The summed E-state index contributed by atoms with van der Waals surface area (Å²) < 4.78 is 54.2. The van der Waals surface area contributed by atoms with Crippen molar-refractivity contribution in [3.05, 3.63) is 59.8 Å². The molecule has 20 heavy (non-hydrogen) atoms. The molecule has 1 aromatic heterocycles. The highest BCUT2D eigenvalue weighted by molar-refractivity contribution is 5.94. The number of aromatic nitrogens is 2. The van der Waals surface area contributed by atoms with Gasteiger partial charge in [-0.1, -0.05) is 30.3 Å². The Bertz CT molecular complexity index is 803. The van der Waals surface area contributed by atoms with Gasteiger partial charge < -0.3 is 0 Å². The number of hydrogen-bond donors (Lipinski definition) is 0. The summed E-state index contributed by atoms with van der Waals surface area (Å²) in [5.74, 6) is -6.68. The molecule has 1 heterocycles. The van der Waals surface area contributed by atoms with Crippen molar-refractivity contribution >= 4 is 10.8 Å². The Morgan fingerprint density at radius 2 is 1.40 bits per heavy atom.